The number of esters is 1. The Morgan fingerprint density at radius 2 is 1.64 bits per heavy atom. The normalized spacial score (nSPS) is 14.5. The number of carbonyl (C=O) groups excluding carboxylic acids is 2. The quantitative estimate of drug-likeness (QED) is 0.203. The monoisotopic (exact) mass is 561 g/mol. The van der Waals surface area contributed by atoms with Crippen molar-refractivity contribution in [2.45, 2.75) is 48.6 Å². The third-order valence-electron chi connectivity index (χ3n) is 6.59. The number of halogens is 1. The second-order valence-corrected chi connectivity index (χ2v) is 10.9. The van der Waals surface area contributed by atoms with E-state index in [1.54, 1.807) is 28.9 Å². The number of amides is 1. The molecule has 1 fully saturated rings. The largest absolute Gasteiger partial charge is 0.452 e. The minimum absolute atomic E-state index is 0.0674. The molecule has 1 atom stereocenters. The van der Waals surface area contributed by atoms with Crippen molar-refractivity contribution in [1.29, 1.82) is 0 Å². The summed E-state index contributed by atoms with van der Waals surface area (Å²) in [5, 5.41) is 16.5. The summed E-state index contributed by atoms with van der Waals surface area (Å²) in [6.45, 7) is -0.295. The van der Waals surface area contributed by atoms with Crippen molar-refractivity contribution < 1.29 is 14.3 Å². The lowest BCUT2D eigenvalue weighted by atomic mass is 9.95. The van der Waals surface area contributed by atoms with Gasteiger partial charge in [-0.2, -0.15) is 4.68 Å². The average molecular weight is 562 g/mol. The van der Waals surface area contributed by atoms with E-state index in [0.717, 1.165) is 36.8 Å². The topological polar surface area (TPSA) is 99.0 Å². The molecule has 5 rings (SSSR count). The van der Waals surface area contributed by atoms with Crippen LogP contribution in [0.4, 0.5) is 0 Å². The van der Waals surface area contributed by atoms with Gasteiger partial charge in [0.25, 0.3) is 5.91 Å². The van der Waals surface area contributed by atoms with E-state index in [-0.39, 0.29) is 23.8 Å². The number of benzene rings is 3. The number of hydrogen-bond donors (Lipinski definition) is 1. The number of ether oxygens (including phenoxy) is 1. The van der Waals surface area contributed by atoms with Crippen LogP contribution in [0.3, 0.4) is 0 Å². The van der Waals surface area contributed by atoms with E-state index in [2.05, 4.69) is 33.0 Å². The molecule has 1 unspecified atom stereocenters. The average Bonchev–Trinajstić information content (AvgIpc) is 3.44. The molecule has 1 aliphatic rings. The molecule has 1 aliphatic carbocycles. The van der Waals surface area contributed by atoms with Crippen LogP contribution in [0.25, 0.3) is 5.69 Å². The minimum Gasteiger partial charge on any atom is -0.452 e. The zero-order chi connectivity index (χ0) is 27.0. The Hall–Kier alpha value is -3.69. The van der Waals surface area contributed by atoms with Crippen molar-refractivity contribution in [1.82, 2.24) is 25.5 Å². The Kier molecular flexibility index (Phi) is 8.90. The SMILES string of the molecule is O=C(COC(=O)c1ccc(-n2nnnc2SC(c2ccccc2)c2ccc(Cl)cc2)cc1)NC1CCCCC1. The molecule has 1 saturated carbocycles. The summed E-state index contributed by atoms with van der Waals surface area (Å²) in [6.07, 6.45) is 5.39. The molecule has 10 heteroatoms. The van der Waals surface area contributed by atoms with Crippen LogP contribution in [0.2, 0.25) is 5.02 Å². The lowest BCUT2D eigenvalue weighted by Gasteiger charge is -2.22. The summed E-state index contributed by atoms with van der Waals surface area (Å²) >= 11 is 7.64. The van der Waals surface area contributed by atoms with Gasteiger partial charge in [-0.15, -0.1) is 5.10 Å². The molecule has 3 aromatic carbocycles. The molecule has 1 N–H and O–H groups in total. The number of tetrazole rings is 1. The summed E-state index contributed by atoms with van der Waals surface area (Å²) in [4.78, 5) is 24.7. The number of nitrogens with one attached hydrogen (secondary N) is 1. The predicted molar refractivity (Wildman–Crippen MR) is 150 cm³/mol. The van der Waals surface area contributed by atoms with Gasteiger partial charge in [-0.05, 0) is 70.8 Å². The van der Waals surface area contributed by atoms with Crippen molar-refractivity contribution in [3.05, 3.63) is 101 Å². The molecule has 1 heterocycles. The smallest absolute Gasteiger partial charge is 0.338 e. The second kappa shape index (κ2) is 12.9. The van der Waals surface area contributed by atoms with Crippen LogP contribution >= 0.6 is 23.4 Å². The fraction of sp³-hybridized carbons (Fsp3) is 0.276. The van der Waals surface area contributed by atoms with Gasteiger partial charge in [0, 0.05) is 11.1 Å². The van der Waals surface area contributed by atoms with Gasteiger partial charge in [-0.1, -0.05) is 85.1 Å². The molecule has 0 aliphatic heterocycles. The number of thioether (sulfide) groups is 1. The maximum absolute atomic E-state index is 12.5. The minimum atomic E-state index is -0.557. The van der Waals surface area contributed by atoms with Gasteiger partial charge in [0.2, 0.25) is 5.16 Å². The Labute approximate surface area is 236 Å². The first kappa shape index (κ1) is 26.9. The summed E-state index contributed by atoms with van der Waals surface area (Å²) in [5.74, 6) is -0.825. The van der Waals surface area contributed by atoms with E-state index in [1.807, 2.05) is 42.5 Å². The first-order valence-electron chi connectivity index (χ1n) is 12.9. The molecular formula is C29H28ClN5O3S. The molecule has 4 aromatic rings. The number of nitrogens with zero attached hydrogens (tertiary/aromatic N) is 4. The molecule has 1 amide bonds. The Bertz CT molecular complexity index is 1390. The molecule has 200 valence electrons. The van der Waals surface area contributed by atoms with Crippen molar-refractivity contribution in [2.24, 2.45) is 0 Å². The number of aromatic nitrogens is 4. The van der Waals surface area contributed by atoms with Gasteiger partial charge >= 0.3 is 5.97 Å². The van der Waals surface area contributed by atoms with E-state index < -0.39 is 5.97 Å². The molecule has 39 heavy (non-hydrogen) atoms. The molecule has 8 nitrogen and oxygen atoms in total. The molecule has 0 bridgehead atoms. The highest BCUT2D eigenvalue weighted by Crippen LogP contribution is 2.40. The van der Waals surface area contributed by atoms with Crippen LogP contribution < -0.4 is 5.32 Å². The van der Waals surface area contributed by atoms with Gasteiger partial charge in [0.1, 0.15) is 0 Å². The lowest BCUT2D eigenvalue weighted by molar-refractivity contribution is -0.125. The van der Waals surface area contributed by atoms with E-state index >= 15 is 0 Å². The highest BCUT2D eigenvalue weighted by atomic mass is 35.5. The highest BCUT2D eigenvalue weighted by Gasteiger charge is 2.21. The zero-order valence-electron chi connectivity index (χ0n) is 21.2. The van der Waals surface area contributed by atoms with Crippen LogP contribution in [-0.4, -0.2) is 44.7 Å². The van der Waals surface area contributed by atoms with Crippen LogP contribution in [-0.2, 0) is 9.53 Å². The van der Waals surface area contributed by atoms with Gasteiger partial charge < -0.3 is 10.1 Å². The van der Waals surface area contributed by atoms with Crippen molar-refractivity contribution in [2.75, 3.05) is 6.61 Å². The van der Waals surface area contributed by atoms with Gasteiger partial charge in [-0.3, -0.25) is 4.79 Å². The summed E-state index contributed by atoms with van der Waals surface area (Å²) < 4.78 is 6.86. The third kappa shape index (κ3) is 7.04. The number of hydrogen-bond acceptors (Lipinski definition) is 7. The Morgan fingerprint density at radius 1 is 0.949 bits per heavy atom. The third-order valence-corrected chi connectivity index (χ3v) is 8.09. The number of rotatable bonds is 9. The predicted octanol–water partition coefficient (Wildman–Crippen LogP) is 5.80. The highest BCUT2D eigenvalue weighted by molar-refractivity contribution is 7.99. The number of carbonyl (C=O) groups is 2. The van der Waals surface area contributed by atoms with Gasteiger partial charge in [0.15, 0.2) is 6.61 Å². The molecule has 0 spiro atoms. The van der Waals surface area contributed by atoms with Gasteiger partial charge in [0.05, 0.1) is 16.5 Å². The second-order valence-electron chi connectivity index (χ2n) is 9.36. The Morgan fingerprint density at radius 3 is 2.36 bits per heavy atom. The first-order chi connectivity index (χ1) is 19.1. The zero-order valence-corrected chi connectivity index (χ0v) is 22.8. The molecule has 1 aromatic heterocycles. The van der Waals surface area contributed by atoms with Crippen LogP contribution in [0.15, 0.2) is 84.0 Å². The van der Waals surface area contributed by atoms with Crippen molar-refractivity contribution in [3.63, 3.8) is 0 Å². The standard InChI is InChI=1S/C29H28ClN5O3S/c30-23-15-11-21(12-16-23)27(20-7-3-1-4-8-20)39-29-32-33-34-35(29)25-17-13-22(14-18-25)28(37)38-19-26(36)31-24-9-5-2-6-10-24/h1,3-4,7-8,11-18,24,27H,2,5-6,9-10,19H2,(H,31,36). The summed E-state index contributed by atoms with van der Waals surface area (Å²) in [6, 6.07) is 24.8. The van der Waals surface area contributed by atoms with Crippen LogP contribution in [0, 0.1) is 0 Å². The van der Waals surface area contributed by atoms with Crippen molar-refractivity contribution >= 4 is 35.2 Å². The van der Waals surface area contributed by atoms with E-state index in [4.69, 9.17) is 16.3 Å². The van der Waals surface area contributed by atoms with E-state index in [9.17, 15) is 9.59 Å². The molecule has 0 radical (unpaired) electrons. The first-order valence-corrected chi connectivity index (χ1v) is 14.1. The Balaban J connectivity index is 1.26. The summed E-state index contributed by atoms with van der Waals surface area (Å²) in [5.41, 5.74) is 3.20. The fourth-order valence-electron chi connectivity index (χ4n) is 4.58. The van der Waals surface area contributed by atoms with Gasteiger partial charge in [-0.25, -0.2) is 4.79 Å². The van der Waals surface area contributed by atoms with Crippen LogP contribution in [0.5, 0.6) is 0 Å². The maximum Gasteiger partial charge on any atom is 0.338 e. The lowest BCUT2D eigenvalue weighted by Crippen LogP contribution is -2.38. The molecular weight excluding hydrogens is 534 g/mol. The maximum atomic E-state index is 12.5. The van der Waals surface area contributed by atoms with Crippen molar-refractivity contribution in [3.8, 4) is 5.69 Å². The van der Waals surface area contributed by atoms with E-state index in [0.29, 0.717) is 21.4 Å². The van der Waals surface area contributed by atoms with Crippen LogP contribution in [0.1, 0.15) is 58.8 Å². The van der Waals surface area contributed by atoms with E-state index in [1.165, 1.54) is 18.2 Å². The summed E-state index contributed by atoms with van der Waals surface area (Å²) in [7, 11) is 0. The fourth-order valence-corrected chi connectivity index (χ4v) is 5.83. The molecule has 0 saturated heterocycles.